The summed E-state index contributed by atoms with van der Waals surface area (Å²) in [7, 11) is 0. The van der Waals surface area contributed by atoms with E-state index in [2.05, 4.69) is 4.98 Å². The Labute approximate surface area is 91.6 Å². The Morgan fingerprint density at radius 1 is 1.62 bits per heavy atom. The van der Waals surface area contributed by atoms with Crippen molar-refractivity contribution in [3.05, 3.63) is 32.6 Å². The van der Waals surface area contributed by atoms with Crippen LogP contribution in [0.25, 0.3) is 0 Å². The number of halogens is 3. The maximum Gasteiger partial charge on any atom is 0.354 e. The fraction of sp³-hybridized carbons (Fsp3) is 0.143. The minimum atomic E-state index is -3.21. The SMILES string of the molecule is O=C(O)c1cc([N+](=O)[O-])c(C(F)F)c(Cl)n1. The van der Waals surface area contributed by atoms with Crippen LogP contribution in [0.3, 0.4) is 0 Å². The lowest BCUT2D eigenvalue weighted by atomic mass is 10.2. The minimum absolute atomic E-state index is 0.440. The fourth-order valence-electron chi connectivity index (χ4n) is 0.974. The third-order valence-electron chi connectivity index (χ3n) is 1.62. The lowest BCUT2D eigenvalue weighted by Gasteiger charge is -2.04. The van der Waals surface area contributed by atoms with Crippen molar-refractivity contribution in [1.82, 2.24) is 4.98 Å². The molecule has 0 spiro atoms. The van der Waals surface area contributed by atoms with E-state index >= 15 is 0 Å². The molecule has 6 nitrogen and oxygen atoms in total. The van der Waals surface area contributed by atoms with Gasteiger partial charge < -0.3 is 5.11 Å². The zero-order valence-electron chi connectivity index (χ0n) is 7.35. The Morgan fingerprint density at radius 2 is 2.19 bits per heavy atom. The molecule has 0 aliphatic heterocycles. The second kappa shape index (κ2) is 4.35. The summed E-state index contributed by atoms with van der Waals surface area (Å²) in [5.41, 5.74) is -2.91. The van der Waals surface area contributed by atoms with E-state index in [1.807, 2.05) is 0 Å². The molecule has 86 valence electrons. The molecule has 9 heteroatoms. The smallest absolute Gasteiger partial charge is 0.354 e. The monoisotopic (exact) mass is 252 g/mol. The van der Waals surface area contributed by atoms with Crippen LogP contribution < -0.4 is 0 Å². The number of nitro groups is 1. The number of hydrogen-bond donors (Lipinski definition) is 1. The molecule has 1 heterocycles. The van der Waals surface area contributed by atoms with Gasteiger partial charge in [-0.1, -0.05) is 11.6 Å². The number of carboxylic acid groups (broad SMARTS) is 1. The molecule has 0 fully saturated rings. The van der Waals surface area contributed by atoms with Crippen molar-refractivity contribution in [2.24, 2.45) is 0 Å². The topological polar surface area (TPSA) is 93.3 Å². The van der Waals surface area contributed by atoms with Gasteiger partial charge in [0.15, 0.2) is 5.69 Å². The third kappa shape index (κ3) is 2.22. The summed E-state index contributed by atoms with van der Waals surface area (Å²) in [6.07, 6.45) is -3.21. The Balaban J connectivity index is 3.52. The van der Waals surface area contributed by atoms with Crippen LogP contribution in [0, 0.1) is 10.1 Å². The molecule has 0 bridgehead atoms. The Kier molecular flexibility index (Phi) is 3.33. The summed E-state index contributed by atoms with van der Waals surface area (Å²) in [6, 6.07) is 0.440. The van der Waals surface area contributed by atoms with Crippen molar-refractivity contribution in [1.29, 1.82) is 0 Å². The number of carbonyl (C=O) groups is 1. The second-order valence-electron chi connectivity index (χ2n) is 2.59. The van der Waals surface area contributed by atoms with E-state index in [1.165, 1.54) is 0 Å². The highest BCUT2D eigenvalue weighted by Gasteiger charge is 2.28. The van der Waals surface area contributed by atoms with Crippen LogP contribution in [-0.4, -0.2) is 21.0 Å². The summed E-state index contributed by atoms with van der Waals surface area (Å²) in [5, 5.41) is 18.1. The fourth-order valence-corrected chi connectivity index (χ4v) is 1.24. The third-order valence-corrected chi connectivity index (χ3v) is 1.91. The molecule has 0 saturated heterocycles. The first kappa shape index (κ1) is 12.2. The molecule has 0 saturated carbocycles. The number of aromatic nitrogens is 1. The number of alkyl halides is 2. The molecule has 0 atom stereocenters. The molecule has 1 aromatic heterocycles. The van der Waals surface area contributed by atoms with E-state index in [-0.39, 0.29) is 0 Å². The van der Waals surface area contributed by atoms with Crippen molar-refractivity contribution in [2.75, 3.05) is 0 Å². The molecule has 1 aromatic rings. The summed E-state index contributed by atoms with van der Waals surface area (Å²) >= 11 is 5.26. The Morgan fingerprint density at radius 3 is 2.56 bits per heavy atom. The molecule has 1 rings (SSSR count). The zero-order valence-corrected chi connectivity index (χ0v) is 8.11. The number of pyridine rings is 1. The molecule has 0 unspecified atom stereocenters. The summed E-state index contributed by atoms with van der Waals surface area (Å²) < 4.78 is 24.8. The number of nitrogens with zero attached hydrogens (tertiary/aromatic N) is 2. The molecular formula is C7H3ClF2N2O4. The van der Waals surface area contributed by atoms with Gasteiger partial charge in [0.2, 0.25) is 0 Å². The average Bonchev–Trinajstić information content (AvgIpc) is 2.15. The van der Waals surface area contributed by atoms with Gasteiger partial charge in [0.05, 0.1) is 4.92 Å². The van der Waals surface area contributed by atoms with Crippen LogP contribution in [0.4, 0.5) is 14.5 Å². The van der Waals surface area contributed by atoms with Gasteiger partial charge >= 0.3 is 5.97 Å². The zero-order chi connectivity index (χ0) is 12.5. The standard InChI is InChI=1S/C7H3ClF2N2O4/c8-5-4(6(9)10)3(12(15)16)1-2(11-5)7(13)14/h1,6H,(H,13,14). The van der Waals surface area contributed by atoms with E-state index in [1.54, 1.807) is 0 Å². The molecular weight excluding hydrogens is 250 g/mol. The molecule has 1 N–H and O–H groups in total. The van der Waals surface area contributed by atoms with Gasteiger partial charge in [-0.05, 0) is 0 Å². The molecule has 0 aromatic carbocycles. The molecule has 0 amide bonds. The number of aromatic carboxylic acids is 1. The predicted molar refractivity (Wildman–Crippen MR) is 47.8 cm³/mol. The van der Waals surface area contributed by atoms with Gasteiger partial charge in [0.1, 0.15) is 10.7 Å². The Bertz CT molecular complexity index is 466. The summed E-state index contributed by atoms with van der Waals surface area (Å²) in [6.45, 7) is 0. The van der Waals surface area contributed by atoms with Gasteiger partial charge in [-0.15, -0.1) is 0 Å². The van der Waals surface area contributed by atoms with Crippen LogP contribution in [0.2, 0.25) is 5.15 Å². The molecule has 0 aliphatic carbocycles. The van der Waals surface area contributed by atoms with Crippen molar-refractivity contribution < 1.29 is 23.6 Å². The first-order valence-electron chi connectivity index (χ1n) is 3.71. The maximum absolute atomic E-state index is 12.4. The van der Waals surface area contributed by atoms with Gasteiger partial charge in [-0.2, -0.15) is 0 Å². The van der Waals surface area contributed by atoms with E-state index in [0.717, 1.165) is 0 Å². The van der Waals surface area contributed by atoms with E-state index in [4.69, 9.17) is 16.7 Å². The quantitative estimate of drug-likeness (QED) is 0.506. The lowest BCUT2D eigenvalue weighted by Crippen LogP contribution is -2.06. The van der Waals surface area contributed by atoms with Crippen molar-refractivity contribution in [3.63, 3.8) is 0 Å². The first-order valence-corrected chi connectivity index (χ1v) is 4.08. The lowest BCUT2D eigenvalue weighted by molar-refractivity contribution is -0.386. The summed E-state index contributed by atoms with van der Waals surface area (Å²) in [5.74, 6) is -1.59. The van der Waals surface area contributed by atoms with E-state index in [0.29, 0.717) is 6.07 Å². The van der Waals surface area contributed by atoms with Crippen LogP contribution >= 0.6 is 11.6 Å². The van der Waals surface area contributed by atoms with Crippen molar-refractivity contribution in [2.45, 2.75) is 6.43 Å². The largest absolute Gasteiger partial charge is 0.477 e. The van der Waals surface area contributed by atoms with Gasteiger partial charge in [-0.3, -0.25) is 10.1 Å². The molecule has 0 aliphatic rings. The van der Waals surface area contributed by atoms with E-state index < -0.39 is 39.4 Å². The first-order chi connectivity index (χ1) is 7.34. The highest BCUT2D eigenvalue weighted by molar-refractivity contribution is 6.30. The van der Waals surface area contributed by atoms with Crippen LogP contribution in [0.15, 0.2) is 6.07 Å². The van der Waals surface area contributed by atoms with Gasteiger partial charge in [0, 0.05) is 6.07 Å². The minimum Gasteiger partial charge on any atom is -0.477 e. The van der Waals surface area contributed by atoms with Crippen LogP contribution in [0.5, 0.6) is 0 Å². The van der Waals surface area contributed by atoms with E-state index in [9.17, 15) is 23.7 Å². The highest BCUT2D eigenvalue weighted by Crippen LogP contribution is 2.34. The maximum atomic E-state index is 12.4. The second-order valence-corrected chi connectivity index (χ2v) is 2.95. The van der Waals surface area contributed by atoms with Crippen LogP contribution in [0.1, 0.15) is 22.5 Å². The number of hydrogen-bond acceptors (Lipinski definition) is 4. The van der Waals surface area contributed by atoms with Gasteiger partial charge in [0.25, 0.3) is 12.1 Å². The summed E-state index contributed by atoms with van der Waals surface area (Å²) in [4.78, 5) is 22.9. The number of rotatable bonds is 3. The molecule has 16 heavy (non-hydrogen) atoms. The van der Waals surface area contributed by atoms with Crippen LogP contribution in [-0.2, 0) is 0 Å². The average molecular weight is 253 g/mol. The highest BCUT2D eigenvalue weighted by atomic mass is 35.5. The van der Waals surface area contributed by atoms with Crippen molar-refractivity contribution in [3.8, 4) is 0 Å². The van der Waals surface area contributed by atoms with Crippen molar-refractivity contribution >= 4 is 23.3 Å². The Hall–Kier alpha value is -1.83. The number of carboxylic acids is 1. The van der Waals surface area contributed by atoms with Gasteiger partial charge in [-0.25, -0.2) is 18.6 Å². The predicted octanol–water partition coefficient (Wildman–Crippen LogP) is 2.28. The normalized spacial score (nSPS) is 10.5. The molecule has 0 radical (unpaired) electrons.